The number of hydrogen-bond donors (Lipinski definition) is 1. The fraction of sp³-hybridized carbons (Fsp3) is 0.280. The Labute approximate surface area is 191 Å². The molecule has 0 saturated carbocycles. The lowest BCUT2D eigenvalue weighted by Gasteiger charge is -2.26. The third-order valence-electron chi connectivity index (χ3n) is 4.99. The van der Waals surface area contributed by atoms with Gasteiger partial charge in [0.25, 0.3) is 11.8 Å². The summed E-state index contributed by atoms with van der Waals surface area (Å²) >= 11 is 0. The Morgan fingerprint density at radius 2 is 2.00 bits per heavy atom. The van der Waals surface area contributed by atoms with Crippen molar-refractivity contribution < 1.29 is 28.6 Å². The smallest absolute Gasteiger partial charge is 0.338 e. The van der Waals surface area contributed by atoms with E-state index in [1.807, 2.05) is 19.9 Å². The lowest BCUT2D eigenvalue weighted by molar-refractivity contribution is -0.141. The summed E-state index contributed by atoms with van der Waals surface area (Å²) in [6.07, 6.45) is 1.45. The number of amides is 2. The van der Waals surface area contributed by atoms with Crippen molar-refractivity contribution in [3.8, 4) is 17.4 Å². The molecule has 1 aliphatic heterocycles. The number of rotatable bonds is 7. The summed E-state index contributed by atoms with van der Waals surface area (Å²) < 4.78 is 11.1. The first-order chi connectivity index (χ1) is 15.8. The summed E-state index contributed by atoms with van der Waals surface area (Å²) in [6, 6.07) is 12.0. The average Bonchev–Trinajstić information content (AvgIpc) is 3.27. The second kappa shape index (κ2) is 10.1. The number of aliphatic hydroxyl groups excluding tert-OH is 1. The number of nitrogens with zero attached hydrogens (tertiary/aromatic N) is 2. The number of β-amino-alcohol motifs (C(OH)–C–C–N with tert-alkyl or cyclic N) is 1. The van der Waals surface area contributed by atoms with Crippen LogP contribution < -0.4 is 0 Å². The Kier molecular flexibility index (Phi) is 7.26. The van der Waals surface area contributed by atoms with Crippen LogP contribution in [0.1, 0.15) is 36.9 Å². The molecule has 170 valence electrons. The zero-order valence-electron chi connectivity index (χ0n) is 18.6. The third kappa shape index (κ3) is 5.10. The molecule has 0 spiro atoms. The van der Waals surface area contributed by atoms with E-state index >= 15 is 0 Å². The molecule has 1 aromatic carbocycles. The fourth-order valence-electron chi connectivity index (χ4n) is 3.29. The number of carbonyl (C=O) groups is 3. The molecule has 2 heterocycles. The number of benzene rings is 1. The second-order valence-corrected chi connectivity index (χ2v) is 7.93. The van der Waals surface area contributed by atoms with Gasteiger partial charge in [-0.05, 0) is 48.8 Å². The predicted octanol–water partition coefficient (Wildman–Crippen LogP) is 3.34. The monoisotopic (exact) mass is 448 g/mol. The summed E-state index contributed by atoms with van der Waals surface area (Å²) in [5, 5.41) is 18.6. The maximum absolute atomic E-state index is 12.8. The van der Waals surface area contributed by atoms with Crippen LogP contribution in [0.3, 0.4) is 0 Å². The molecular weight excluding hydrogens is 424 g/mol. The normalized spacial score (nSPS) is 15.4. The molecule has 0 bridgehead atoms. The van der Waals surface area contributed by atoms with Crippen LogP contribution in [0.5, 0.6) is 0 Å². The molecule has 3 rings (SSSR count). The van der Waals surface area contributed by atoms with Gasteiger partial charge in [-0.2, -0.15) is 5.26 Å². The third-order valence-corrected chi connectivity index (χ3v) is 4.99. The van der Waals surface area contributed by atoms with E-state index in [9.17, 15) is 24.8 Å². The maximum atomic E-state index is 12.8. The minimum Gasteiger partial charge on any atom is -0.462 e. The summed E-state index contributed by atoms with van der Waals surface area (Å²) in [5.74, 6) is -0.746. The van der Waals surface area contributed by atoms with Crippen molar-refractivity contribution in [1.29, 1.82) is 5.26 Å². The van der Waals surface area contributed by atoms with Crippen LogP contribution in [0.15, 0.2) is 57.5 Å². The fourth-order valence-corrected chi connectivity index (χ4v) is 3.29. The Bertz CT molecular complexity index is 1200. The molecule has 0 fully saturated rings. The standard InChI is InChI=1S/C25H24N2O6/c1-15(2)14-32-25(31)18-6-4-5-17(11-18)22-8-7-19(33-22)12-20-16(3)21(13-26)24(30)27(9-10-28)23(20)29/h4-8,11-12,15,28H,9-10,14H2,1-3H3/b20-12+. The topological polar surface area (TPSA) is 121 Å². The van der Waals surface area contributed by atoms with E-state index in [1.165, 1.54) is 13.0 Å². The highest BCUT2D eigenvalue weighted by Crippen LogP contribution is 2.29. The van der Waals surface area contributed by atoms with Gasteiger partial charge in [0.1, 0.15) is 23.2 Å². The number of aliphatic hydroxyl groups is 1. The zero-order chi connectivity index (χ0) is 24.1. The van der Waals surface area contributed by atoms with Crippen LogP contribution in [0.25, 0.3) is 17.4 Å². The van der Waals surface area contributed by atoms with Crippen molar-refractivity contribution in [2.24, 2.45) is 5.92 Å². The van der Waals surface area contributed by atoms with Crippen LogP contribution in [-0.2, 0) is 14.3 Å². The van der Waals surface area contributed by atoms with Gasteiger partial charge in [0.2, 0.25) is 0 Å². The molecule has 0 radical (unpaired) electrons. The van der Waals surface area contributed by atoms with Gasteiger partial charge in [-0.25, -0.2) is 4.79 Å². The second-order valence-electron chi connectivity index (χ2n) is 7.93. The predicted molar refractivity (Wildman–Crippen MR) is 119 cm³/mol. The molecular formula is C25H24N2O6. The maximum Gasteiger partial charge on any atom is 0.338 e. The summed E-state index contributed by atoms with van der Waals surface area (Å²) in [6.45, 7) is 5.12. The van der Waals surface area contributed by atoms with Crippen molar-refractivity contribution in [3.63, 3.8) is 0 Å². The van der Waals surface area contributed by atoms with E-state index in [-0.39, 0.29) is 29.2 Å². The number of esters is 1. The van der Waals surface area contributed by atoms with Gasteiger partial charge >= 0.3 is 5.97 Å². The Morgan fingerprint density at radius 1 is 1.24 bits per heavy atom. The molecule has 1 aliphatic rings. The number of carbonyl (C=O) groups excluding carboxylic acids is 3. The molecule has 0 aliphatic carbocycles. The van der Waals surface area contributed by atoms with E-state index in [0.717, 1.165) is 4.90 Å². The molecule has 0 unspecified atom stereocenters. The highest BCUT2D eigenvalue weighted by molar-refractivity contribution is 6.19. The highest BCUT2D eigenvalue weighted by Gasteiger charge is 2.35. The number of ether oxygens (including phenoxy) is 1. The Hall–Kier alpha value is -3.96. The van der Waals surface area contributed by atoms with Gasteiger partial charge in [0, 0.05) is 11.1 Å². The lowest BCUT2D eigenvalue weighted by atomic mass is 9.95. The minimum atomic E-state index is -0.729. The Morgan fingerprint density at radius 3 is 2.67 bits per heavy atom. The first kappa shape index (κ1) is 23.7. The molecule has 33 heavy (non-hydrogen) atoms. The zero-order valence-corrected chi connectivity index (χ0v) is 18.6. The number of nitriles is 1. The molecule has 0 saturated heterocycles. The van der Waals surface area contributed by atoms with Crippen molar-refractivity contribution in [2.75, 3.05) is 19.8 Å². The van der Waals surface area contributed by atoms with E-state index in [0.29, 0.717) is 29.3 Å². The molecule has 1 N–H and O–H groups in total. The van der Waals surface area contributed by atoms with E-state index in [2.05, 4.69) is 0 Å². The van der Waals surface area contributed by atoms with Gasteiger partial charge < -0.3 is 14.3 Å². The average molecular weight is 448 g/mol. The summed E-state index contributed by atoms with van der Waals surface area (Å²) in [4.78, 5) is 38.2. The van der Waals surface area contributed by atoms with Crippen LogP contribution in [0.4, 0.5) is 0 Å². The first-order valence-corrected chi connectivity index (χ1v) is 10.4. The molecule has 0 atom stereocenters. The van der Waals surface area contributed by atoms with E-state index in [1.54, 1.807) is 36.4 Å². The molecule has 8 heteroatoms. The van der Waals surface area contributed by atoms with E-state index < -0.39 is 24.4 Å². The molecule has 2 aromatic rings. The largest absolute Gasteiger partial charge is 0.462 e. The van der Waals surface area contributed by atoms with Gasteiger partial charge in [0.15, 0.2) is 0 Å². The van der Waals surface area contributed by atoms with Crippen molar-refractivity contribution in [1.82, 2.24) is 4.90 Å². The molecule has 8 nitrogen and oxygen atoms in total. The van der Waals surface area contributed by atoms with Crippen LogP contribution in [0.2, 0.25) is 0 Å². The minimum absolute atomic E-state index is 0.131. The Balaban J connectivity index is 1.92. The van der Waals surface area contributed by atoms with Crippen LogP contribution in [0, 0.1) is 17.2 Å². The van der Waals surface area contributed by atoms with Gasteiger partial charge in [-0.1, -0.05) is 26.0 Å². The quantitative estimate of drug-likeness (QED) is 0.392. The van der Waals surface area contributed by atoms with Crippen LogP contribution >= 0.6 is 0 Å². The first-order valence-electron chi connectivity index (χ1n) is 10.4. The lowest BCUT2D eigenvalue weighted by Crippen LogP contribution is -2.44. The van der Waals surface area contributed by atoms with Gasteiger partial charge in [0.05, 0.1) is 25.3 Å². The van der Waals surface area contributed by atoms with Crippen molar-refractivity contribution >= 4 is 23.9 Å². The van der Waals surface area contributed by atoms with Gasteiger partial charge in [-0.3, -0.25) is 14.5 Å². The van der Waals surface area contributed by atoms with Gasteiger partial charge in [-0.15, -0.1) is 0 Å². The van der Waals surface area contributed by atoms with Crippen LogP contribution in [-0.4, -0.2) is 47.5 Å². The molecule has 1 aromatic heterocycles. The van der Waals surface area contributed by atoms with E-state index in [4.69, 9.17) is 9.15 Å². The number of imide groups is 1. The van der Waals surface area contributed by atoms with Crippen molar-refractivity contribution in [2.45, 2.75) is 20.8 Å². The number of hydrogen-bond acceptors (Lipinski definition) is 7. The number of furan rings is 1. The highest BCUT2D eigenvalue weighted by atomic mass is 16.5. The SMILES string of the molecule is CC1=C(C#N)C(=O)N(CCO)C(=O)/C1=C/c1ccc(-c2cccc(C(=O)OCC(C)C)c2)o1. The molecule has 2 amide bonds. The van der Waals surface area contributed by atoms with Crippen molar-refractivity contribution in [3.05, 3.63) is 64.4 Å². The summed E-state index contributed by atoms with van der Waals surface area (Å²) in [7, 11) is 0. The summed E-state index contributed by atoms with van der Waals surface area (Å²) in [5.41, 5.74) is 1.26.